The fourth-order valence-corrected chi connectivity index (χ4v) is 4.34. The van der Waals surface area contributed by atoms with E-state index in [0.29, 0.717) is 45.5 Å². The standard InChI is InChI=1S/C22H22ClNO4S2/c1-4-24-21(25)20(30-22(24)29)13-15-5-8-18(19(12-15)26-3)28-10-9-27-16-6-7-17(23)14(2)11-16/h5-8,11-13H,4,9-10H2,1-3H3/b20-13-. The number of thiocarbonyl (C=S) groups is 1. The Morgan fingerprint density at radius 3 is 2.57 bits per heavy atom. The molecule has 30 heavy (non-hydrogen) atoms. The molecule has 5 nitrogen and oxygen atoms in total. The molecule has 1 saturated heterocycles. The van der Waals surface area contributed by atoms with E-state index in [4.69, 9.17) is 38.0 Å². The molecular formula is C22H22ClNO4S2. The van der Waals surface area contributed by atoms with Gasteiger partial charge in [-0.05, 0) is 61.4 Å². The number of likely N-dealkylation sites (N-methyl/N-ethyl adjacent to an activating group) is 1. The Morgan fingerprint density at radius 1 is 1.13 bits per heavy atom. The van der Waals surface area contributed by atoms with Crippen LogP contribution in [0.25, 0.3) is 6.08 Å². The number of methoxy groups -OCH3 is 1. The molecule has 0 aromatic heterocycles. The summed E-state index contributed by atoms with van der Waals surface area (Å²) in [6.45, 7) is 5.13. The van der Waals surface area contributed by atoms with Crippen LogP contribution < -0.4 is 14.2 Å². The first-order valence-corrected chi connectivity index (χ1v) is 11.0. The maximum Gasteiger partial charge on any atom is 0.266 e. The first-order chi connectivity index (χ1) is 14.4. The van der Waals surface area contributed by atoms with Gasteiger partial charge in [-0.15, -0.1) is 0 Å². The molecule has 0 N–H and O–H groups in total. The molecule has 0 spiro atoms. The van der Waals surface area contributed by atoms with E-state index in [-0.39, 0.29) is 5.91 Å². The molecule has 1 fully saturated rings. The Bertz CT molecular complexity index is 993. The van der Waals surface area contributed by atoms with Gasteiger partial charge in [0.05, 0.1) is 12.0 Å². The van der Waals surface area contributed by atoms with Crippen molar-refractivity contribution in [3.05, 3.63) is 57.5 Å². The zero-order chi connectivity index (χ0) is 21.7. The molecule has 1 aliphatic rings. The number of carbonyl (C=O) groups excluding carboxylic acids is 1. The summed E-state index contributed by atoms with van der Waals surface area (Å²) in [7, 11) is 1.58. The van der Waals surface area contributed by atoms with Gasteiger partial charge >= 0.3 is 0 Å². The Kier molecular flexibility index (Phi) is 7.64. The van der Waals surface area contributed by atoms with Crippen molar-refractivity contribution in [2.45, 2.75) is 13.8 Å². The van der Waals surface area contributed by atoms with Crippen molar-refractivity contribution in [3.8, 4) is 17.2 Å². The Hall–Kier alpha value is -2.22. The second kappa shape index (κ2) is 10.2. The zero-order valence-corrected chi connectivity index (χ0v) is 19.3. The lowest BCUT2D eigenvalue weighted by Crippen LogP contribution is -2.27. The summed E-state index contributed by atoms with van der Waals surface area (Å²) >= 11 is 12.6. The van der Waals surface area contributed by atoms with Crippen LogP contribution in [0, 0.1) is 6.92 Å². The summed E-state index contributed by atoms with van der Waals surface area (Å²) in [5.74, 6) is 1.86. The predicted molar refractivity (Wildman–Crippen MR) is 126 cm³/mol. The SMILES string of the molecule is CCN1C(=O)/C(=C/c2ccc(OCCOc3ccc(Cl)c(C)c3)c(OC)c2)SC1=S. The summed E-state index contributed by atoms with van der Waals surface area (Å²) in [4.78, 5) is 14.6. The van der Waals surface area contributed by atoms with Gasteiger partial charge in [0, 0.05) is 11.6 Å². The van der Waals surface area contributed by atoms with Crippen LogP contribution in [0.15, 0.2) is 41.3 Å². The number of hydrogen-bond donors (Lipinski definition) is 0. The van der Waals surface area contributed by atoms with Crippen molar-refractivity contribution in [3.63, 3.8) is 0 Å². The number of carbonyl (C=O) groups is 1. The van der Waals surface area contributed by atoms with Crippen LogP contribution in [0.2, 0.25) is 5.02 Å². The van der Waals surface area contributed by atoms with Crippen molar-refractivity contribution in [2.75, 3.05) is 26.9 Å². The van der Waals surface area contributed by atoms with Gasteiger partial charge < -0.3 is 14.2 Å². The Balaban J connectivity index is 1.61. The summed E-state index contributed by atoms with van der Waals surface area (Å²) < 4.78 is 17.5. The van der Waals surface area contributed by atoms with E-state index in [1.165, 1.54) is 11.8 Å². The zero-order valence-electron chi connectivity index (χ0n) is 16.9. The number of rotatable bonds is 8. The van der Waals surface area contributed by atoms with Crippen molar-refractivity contribution < 1.29 is 19.0 Å². The van der Waals surface area contributed by atoms with Crippen LogP contribution in [0.5, 0.6) is 17.2 Å². The van der Waals surface area contributed by atoms with Crippen LogP contribution in [0.4, 0.5) is 0 Å². The first-order valence-electron chi connectivity index (χ1n) is 9.38. The highest BCUT2D eigenvalue weighted by Gasteiger charge is 2.30. The molecule has 0 aliphatic carbocycles. The number of nitrogens with zero attached hydrogens (tertiary/aromatic N) is 1. The van der Waals surface area contributed by atoms with Gasteiger partial charge in [0.1, 0.15) is 23.3 Å². The molecule has 0 unspecified atom stereocenters. The third-order valence-electron chi connectivity index (χ3n) is 4.41. The number of ether oxygens (including phenoxy) is 3. The number of amides is 1. The molecule has 1 amide bonds. The topological polar surface area (TPSA) is 48.0 Å². The molecule has 2 aromatic carbocycles. The molecule has 3 rings (SSSR count). The average molecular weight is 464 g/mol. The lowest BCUT2D eigenvalue weighted by Gasteiger charge is -2.12. The lowest BCUT2D eigenvalue weighted by molar-refractivity contribution is -0.121. The van der Waals surface area contributed by atoms with E-state index in [0.717, 1.165) is 16.9 Å². The highest BCUT2D eigenvalue weighted by Crippen LogP contribution is 2.34. The minimum atomic E-state index is -0.0682. The second-order valence-electron chi connectivity index (χ2n) is 6.44. The van der Waals surface area contributed by atoms with E-state index in [1.54, 1.807) is 12.0 Å². The number of thioether (sulfide) groups is 1. The quantitative estimate of drug-likeness (QED) is 0.299. The Morgan fingerprint density at radius 2 is 1.90 bits per heavy atom. The summed E-state index contributed by atoms with van der Waals surface area (Å²) in [5, 5.41) is 0.709. The van der Waals surface area contributed by atoms with Gasteiger partial charge in [0.25, 0.3) is 5.91 Å². The maximum absolute atomic E-state index is 12.4. The van der Waals surface area contributed by atoms with Gasteiger partial charge in [-0.1, -0.05) is 41.6 Å². The fraction of sp³-hybridized carbons (Fsp3) is 0.273. The molecule has 1 aliphatic heterocycles. The van der Waals surface area contributed by atoms with E-state index < -0.39 is 0 Å². The van der Waals surface area contributed by atoms with Crippen LogP contribution in [-0.2, 0) is 4.79 Å². The van der Waals surface area contributed by atoms with Crippen molar-refractivity contribution in [1.82, 2.24) is 4.90 Å². The van der Waals surface area contributed by atoms with Gasteiger partial charge in [-0.25, -0.2) is 0 Å². The van der Waals surface area contributed by atoms with Gasteiger partial charge in [-0.2, -0.15) is 0 Å². The molecule has 0 bridgehead atoms. The molecule has 0 radical (unpaired) electrons. The predicted octanol–water partition coefficient (Wildman–Crippen LogP) is 5.34. The summed E-state index contributed by atoms with van der Waals surface area (Å²) in [6.07, 6.45) is 1.81. The van der Waals surface area contributed by atoms with Crippen molar-refractivity contribution in [2.24, 2.45) is 0 Å². The largest absolute Gasteiger partial charge is 0.493 e. The van der Waals surface area contributed by atoms with E-state index in [2.05, 4.69) is 0 Å². The smallest absolute Gasteiger partial charge is 0.266 e. The van der Waals surface area contributed by atoms with Gasteiger partial charge in [0.15, 0.2) is 11.5 Å². The molecular weight excluding hydrogens is 442 g/mol. The highest BCUT2D eigenvalue weighted by atomic mass is 35.5. The van der Waals surface area contributed by atoms with E-state index >= 15 is 0 Å². The average Bonchev–Trinajstić information content (AvgIpc) is 3.00. The molecule has 0 saturated carbocycles. The van der Waals surface area contributed by atoms with Crippen LogP contribution in [0.3, 0.4) is 0 Å². The normalized spacial score (nSPS) is 15.1. The number of hydrogen-bond acceptors (Lipinski definition) is 6. The molecule has 2 aromatic rings. The molecule has 158 valence electrons. The summed E-state index contributed by atoms with van der Waals surface area (Å²) in [5.41, 5.74) is 1.80. The second-order valence-corrected chi connectivity index (χ2v) is 8.53. The maximum atomic E-state index is 12.4. The van der Waals surface area contributed by atoms with Crippen molar-refractivity contribution >= 4 is 51.9 Å². The van der Waals surface area contributed by atoms with Gasteiger partial charge in [-0.3, -0.25) is 9.69 Å². The monoisotopic (exact) mass is 463 g/mol. The van der Waals surface area contributed by atoms with Crippen LogP contribution in [0.1, 0.15) is 18.1 Å². The van der Waals surface area contributed by atoms with Gasteiger partial charge in [0.2, 0.25) is 0 Å². The number of aryl methyl sites for hydroxylation is 1. The first kappa shape index (κ1) is 22.5. The number of benzene rings is 2. The van der Waals surface area contributed by atoms with E-state index in [9.17, 15) is 4.79 Å². The summed E-state index contributed by atoms with van der Waals surface area (Å²) in [6, 6.07) is 11.0. The molecule has 8 heteroatoms. The minimum Gasteiger partial charge on any atom is -0.493 e. The van der Waals surface area contributed by atoms with Crippen molar-refractivity contribution in [1.29, 1.82) is 0 Å². The molecule has 0 atom stereocenters. The van der Waals surface area contributed by atoms with E-state index in [1.807, 2.05) is 56.3 Å². The highest BCUT2D eigenvalue weighted by molar-refractivity contribution is 8.26. The third kappa shape index (κ3) is 5.28. The van der Waals surface area contributed by atoms with Crippen LogP contribution in [-0.4, -0.2) is 42.0 Å². The lowest BCUT2D eigenvalue weighted by atomic mass is 10.2. The minimum absolute atomic E-state index is 0.0682. The Labute approximate surface area is 190 Å². The molecule has 1 heterocycles. The van der Waals surface area contributed by atoms with Crippen LogP contribution >= 0.6 is 35.6 Å². The third-order valence-corrected chi connectivity index (χ3v) is 6.22. The number of halogens is 1. The fourth-order valence-electron chi connectivity index (χ4n) is 2.84.